The summed E-state index contributed by atoms with van der Waals surface area (Å²) in [7, 11) is 3.76. The van der Waals surface area contributed by atoms with Crippen molar-refractivity contribution in [3.63, 3.8) is 0 Å². The van der Waals surface area contributed by atoms with Crippen molar-refractivity contribution in [1.82, 2.24) is 15.5 Å². The van der Waals surface area contributed by atoms with Crippen molar-refractivity contribution >= 4 is 29.5 Å². The lowest BCUT2D eigenvalue weighted by Gasteiger charge is -2.35. The Bertz CT molecular complexity index is 1130. The molecule has 0 aromatic heterocycles. The molecule has 0 radical (unpaired) electrons. The van der Waals surface area contributed by atoms with Crippen molar-refractivity contribution in [2.75, 3.05) is 32.9 Å². The standard InChI is InChI=1S/C33H41N3O4S/c1-36(2)23-22-34-32(40)29(25-31(38)39)35-30(37)21-13-6-14-24-41-33(26-15-7-3-8-16-26,27-17-9-4-10-18-27)28-19-11-5-12-20-28/h3-5,7-12,15-20,29H,6,13-14,21-25H2,1-2H3,(H,34,40)(H,35,37)(H,38,39)/t29-/m0/s1. The van der Waals surface area contributed by atoms with Crippen LogP contribution in [0, 0.1) is 0 Å². The van der Waals surface area contributed by atoms with E-state index in [1.165, 1.54) is 16.7 Å². The first-order valence-corrected chi connectivity index (χ1v) is 15.1. The zero-order valence-corrected chi connectivity index (χ0v) is 24.7. The first-order chi connectivity index (χ1) is 19.8. The molecule has 3 aromatic rings. The fourth-order valence-corrected chi connectivity index (χ4v) is 6.30. The zero-order valence-electron chi connectivity index (χ0n) is 23.9. The molecule has 0 saturated carbocycles. The Morgan fingerprint density at radius 2 is 1.32 bits per heavy atom. The maximum absolute atomic E-state index is 12.6. The van der Waals surface area contributed by atoms with Crippen molar-refractivity contribution in [3.05, 3.63) is 108 Å². The topological polar surface area (TPSA) is 98.7 Å². The molecule has 0 heterocycles. The number of likely N-dealkylation sites (N-methyl/N-ethyl adjacent to an activating group) is 1. The third kappa shape index (κ3) is 9.76. The van der Waals surface area contributed by atoms with Gasteiger partial charge in [0.25, 0.3) is 0 Å². The normalized spacial score (nSPS) is 12.1. The predicted molar refractivity (Wildman–Crippen MR) is 166 cm³/mol. The number of hydrogen-bond donors (Lipinski definition) is 3. The van der Waals surface area contributed by atoms with Crippen molar-refractivity contribution < 1.29 is 19.5 Å². The molecule has 0 saturated heterocycles. The molecule has 0 aliphatic rings. The minimum absolute atomic E-state index is 0.243. The molecule has 1 atom stereocenters. The number of hydrogen-bond acceptors (Lipinski definition) is 5. The van der Waals surface area contributed by atoms with E-state index in [1.54, 1.807) is 0 Å². The number of thioether (sulfide) groups is 1. The maximum Gasteiger partial charge on any atom is 0.305 e. The number of carboxylic acid groups (broad SMARTS) is 1. The van der Waals surface area contributed by atoms with Crippen LogP contribution in [0.2, 0.25) is 0 Å². The van der Waals surface area contributed by atoms with E-state index < -0.39 is 24.3 Å². The summed E-state index contributed by atoms with van der Waals surface area (Å²) in [5, 5.41) is 14.5. The van der Waals surface area contributed by atoms with Crippen LogP contribution in [-0.2, 0) is 19.1 Å². The third-order valence-corrected chi connectivity index (χ3v) is 8.43. The van der Waals surface area contributed by atoms with Crippen LogP contribution in [0.1, 0.15) is 48.8 Å². The minimum atomic E-state index is -1.13. The lowest BCUT2D eigenvalue weighted by Crippen LogP contribution is -2.48. The van der Waals surface area contributed by atoms with Gasteiger partial charge in [-0.15, -0.1) is 11.8 Å². The third-order valence-electron chi connectivity index (χ3n) is 6.80. The largest absolute Gasteiger partial charge is 0.481 e. The number of rotatable bonds is 17. The molecule has 0 spiro atoms. The van der Waals surface area contributed by atoms with Crippen LogP contribution in [0.25, 0.3) is 0 Å². The van der Waals surface area contributed by atoms with Crippen LogP contribution in [0.15, 0.2) is 91.0 Å². The summed E-state index contributed by atoms with van der Waals surface area (Å²) in [4.78, 5) is 38.2. The van der Waals surface area contributed by atoms with Gasteiger partial charge in [-0.3, -0.25) is 14.4 Å². The lowest BCUT2D eigenvalue weighted by molar-refractivity contribution is -0.140. The van der Waals surface area contributed by atoms with Gasteiger partial charge in [-0.05, 0) is 49.4 Å². The highest BCUT2D eigenvalue weighted by Crippen LogP contribution is 2.48. The number of nitrogens with zero attached hydrogens (tertiary/aromatic N) is 1. The van der Waals surface area contributed by atoms with Gasteiger partial charge in [-0.1, -0.05) is 97.4 Å². The number of benzene rings is 3. The molecule has 8 heteroatoms. The van der Waals surface area contributed by atoms with Crippen molar-refractivity contribution in [1.29, 1.82) is 0 Å². The summed E-state index contributed by atoms with van der Waals surface area (Å²) in [5.74, 6) is -1.03. The number of amides is 2. The number of unbranched alkanes of at least 4 members (excludes halogenated alkanes) is 2. The summed E-state index contributed by atoms with van der Waals surface area (Å²) >= 11 is 1.90. The maximum atomic E-state index is 12.6. The number of carbonyl (C=O) groups is 3. The summed E-state index contributed by atoms with van der Waals surface area (Å²) in [6, 6.07) is 30.6. The van der Waals surface area contributed by atoms with Crippen LogP contribution >= 0.6 is 11.8 Å². The van der Waals surface area contributed by atoms with Gasteiger partial charge in [0.05, 0.1) is 11.2 Å². The number of aliphatic carboxylic acids is 1. The Morgan fingerprint density at radius 1 is 0.805 bits per heavy atom. The first kappa shape index (κ1) is 31.9. The average Bonchev–Trinajstić information content (AvgIpc) is 2.97. The summed E-state index contributed by atoms with van der Waals surface area (Å²) in [6.07, 6.45) is 2.20. The second-order valence-corrected chi connectivity index (χ2v) is 11.6. The van der Waals surface area contributed by atoms with Crippen LogP contribution in [0.5, 0.6) is 0 Å². The highest BCUT2D eigenvalue weighted by Gasteiger charge is 2.36. The van der Waals surface area contributed by atoms with Gasteiger partial charge < -0.3 is 20.6 Å². The Kier molecular flexibility index (Phi) is 12.9. The summed E-state index contributed by atoms with van der Waals surface area (Å²) < 4.78 is -0.370. The molecule has 41 heavy (non-hydrogen) atoms. The number of nitrogens with one attached hydrogen (secondary N) is 2. The molecule has 3 aromatic carbocycles. The van der Waals surface area contributed by atoms with Crippen LogP contribution in [0.4, 0.5) is 0 Å². The van der Waals surface area contributed by atoms with Crippen molar-refractivity contribution in [3.8, 4) is 0 Å². The van der Waals surface area contributed by atoms with Gasteiger partial charge in [0.15, 0.2) is 0 Å². The van der Waals surface area contributed by atoms with E-state index in [-0.39, 0.29) is 17.1 Å². The molecule has 3 rings (SSSR count). The van der Waals surface area contributed by atoms with E-state index in [0.717, 1.165) is 18.6 Å². The van der Waals surface area contributed by atoms with E-state index >= 15 is 0 Å². The molecular weight excluding hydrogens is 534 g/mol. The molecule has 2 amide bonds. The summed E-state index contributed by atoms with van der Waals surface area (Å²) in [6.45, 7) is 1.00. The molecule has 0 aliphatic carbocycles. The van der Waals surface area contributed by atoms with E-state index in [1.807, 2.05) is 49.0 Å². The number of carboxylic acids is 1. The Balaban J connectivity index is 1.59. The molecule has 7 nitrogen and oxygen atoms in total. The zero-order chi connectivity index (χ0) is 29.5. The van der Waals surface area contributed by atoms with Crippen LogP contribution in [0.3, 0.4) is 0 Å². The second-order valence-electron chi connectivity index (χ2n) is 10.3. The molecule has 0 unspecified atom stereocenters. The highest BCUT2D eigenvalue weighted by atomic mass is 32.2. The Hall–Kier alpha value is -3.62. The first-order valence-electron chi connectivity index (χ1n) is 14.1. The highest BCUT2D eigenvalue weighted by molar-refractivity contribution is 8.00. The van der Waals surface area contributed by atoms with E-state index in [0.29, 0.717) is 19.5 Å². The molecule has 218 valence electrons. The van der Waals surface area contributed by atoms with E-state index in [9.17, 15) is 19.5 Å². The Labute approximate surface area is 247 Å². The van der Waals surface area contributed by atoms with Gasteiger partial charge in [0, 0.05) is 19.5 Å². The molecular formula is C33H41N3O4S. The smallest absolute Gasteiger partial charge is 0.305 e. The van der Waals surface area contributed by atoms with Gasteiger partial charge in [0.2, 0.25) is 11.8 Å². The molecule has 3 N–H and O–H groups in total. The number of carbonyl (C=O) groups excluding carboxylic acids is 2. The van der Waals surface area contributed by atoms with Crippen LogP contribution in [-0.4, -0.2) is 66.8 Å². The van der Waals surface area contributed by atoms with E-state index in [2.05, 4.69) is 83.4 Å². The quantitative estimate of drug-likeness (QED) is 0.156. The van der Waals surface area contributed by atoms with E-state index in [4.69, 9.17) is 0 Å². The molecule has 0 fully saturated rings. The summed E-state index contributed by atoms with van der Waals surface area (Å²) in [5.41, 5.74) is 3.65. The predicted octanol–water partition coefficient (Wildman–Crippen LogP) is 4.91. The van der Waals surface area contributed by atoms with Gasteiger partial charge in [-0.25, -0.2) is 0 Å². The van der Waals surface area contributed by atoms with Crippen molar-refractivity contribution in [2.24, 2.45) is 0 Å². The van der Waals surface area contributed by atoms with Gasteiger partial charge in [0.1, 0.15) is 6.04 Å². The van der Waals surface area contributed by atoms with Gasteiger partial charge >= 0.3 is 5.97 Å². The fraction of sp³-hybridized carbons (Fsp3) is 0.364. The van der Waals surface area contributed by atoms with Gasteiger partial charge in [-0.2, -0.15) is 0 Å². The molecule has 0 aliphatic heterocycles. The molecule has 0 bridgehead atoms. The average molecular weight is 576 g/mol. The fourth-order valence-electron chi connectivity index (χ4n) is 4.73. The van der Waals surface area contributed by atoms with Crippen LogP contribution < -0.4 is 10.6 Å². The second kappa shape index (κ2) is 16.6. The monoisotopic (exact) mass is 575 g/mol. The van der Waals surface area contributed by atoms with Crippen molar-refractivity contribution in [2.45, 2.75) is 42.9 Å². The lowest BCUT2D eigenvalue weighted by atomic mass is 9.84. The Morgan fingerprint density at radius 3 is 1.78 bits per heavy atom. The minimum Gasteiger partial charge on any atom is -0.481 e. The SMILES string of the molecule is CN(C)CCNC(=O)[C@H](CC(=O)O)NC(=O)CCCCCSC(c1ccccc1)(c1ccccc1)c1ccccc1.